The summed E-state index contributed by atoms with van der Waals surface area (Å²) in [5.74, 6) is 0.844. The number of ether oxygens (including phenoxy) is 2. The van der Waals surface area contributed by atoms with E-state index in [1.165, 1.54) is 25.7 Å². The van der Waals surface area contributed by atoms with Gasteiger partial charge in [0.25, 0.3) is 0 Å². The van der Waals surface area contributed by atoms with Crippen LogP contribution in [0.15, 0.2) is 0 Å². The Balaban J connectivity index is 1.71. The van der Waals surface area contributed by atoms with Gasteiger partial charge in [0.2, 0.25) is 0 Å². The van der Waals surface area contributed by atoms with Gasteiger partial charge in [0.1, 0.15) is 0 Å². The summed E-state index contributed by atoms with van der Waals surface area (Å²) in [7, 11) is 0. The van der Waals surface area contributed by atoms with Crippen LogP contribution in [-0.2, 0) is 9.47 Å². The number of nitrogens with two attached hydrogens (primary N) is 1. The van der Waals surface area contributed by atoms with Crippen LogP contribution in [-0.4, -0.2) is 31.5 Å². The van der Waals surface area contributed by atoms with Gasteiger partial charge in [-0.05, 0) is 50.9 Å². The lowest BCUT2D eigenvalue weighted by Gasteiger charge is -2.38. The van der Waals surface area contributed by atoms with Gasteiger partial charge in [-0.25, -0.2) is 0 Å². The van der Waals surface area contributed by atoms with Gasteiger partial charge in [0.15, 0.2) is 0 Å². The Morgan fingerprint density at radius 1 is 1.29 bits per heavy atom. The molecule has 0 aromatic rings. The van der Waals surface area contributed by atoms with E-state index >= 15 is 0 Å². The minimum Gasteiger partial charge on any atom is -0.378 e. The first-order chi connectivity index (χ1) is 8.24. The Morgan fingerprint density at radius 2 is 2.06 bits per heavy atom. The number of hydrogen-bond acceptors (Lipinski definition) is 3. The van der Waals surface area contributed by atoms with Crippen LogP contribution >= 0.6 is 0 Å². The molecule has 0 aromatic carbocycles. The lowest BCUT2D eigenvalue weighted by atomic mass is 9.79. The van der Waals surface area contributed by atoms with E-state index in [1.54, 1.807) is 0 Å². The number of hydrogen-bond donors (Lipinski definition) is 1. The van der Waals surface area contributed by atoms with Gasteiger partial charge < -0.3 is 15.2 Å². The van der Waals surface area contributed by atoms with Crippen LogP contribution in [0.25, 0.3) is 0 Å². The third-order valence-corrected chi connectivity index (χ3v) is 4.43. The first-order valence-electron chi connectivity index (χ1n) is 7.20. The second kappa shape index (κ2) is 6.17. The van der Waals surface area contributed by atoms with Crippen molar-refractivity contribution in [3.05, 3.63) is 0 Å². The van der Waals surface area contributed by atoms with Crippen molar-refractivity contribution in [2.24, 2.45) is 11.7 Å². The molecule has 3 heteroatoms. The normalized spacial score (nSPS) is 38.5. The van der Waals surface area contributed by atoms with Crippen molar-refractivity contribution < 1.29 is 9.47 Å². The molecule has 2 aliphatic rings. The lowest BCUT2D eigenvalue weighted by molar-refractivity contribution is -0.0792. The molecular weight excluding hydrogens is 214 g/mol. The quantitative estimate of drug-likeness (QED) is 0.804. The standard InChI is InChI=1S/C14H27NO2/c1-12-4-7-14(11-15,8-5-12)17-10-6-13-3-2-9-16-13/h12-13H,2-11,15H2,1H3. The summed E-state index contributed by atoms with van der Waals surface area (Å²) in [6.07, 6.45) is 8.69. The molecule has 1 aliphatic carbocycles. The van der Waals surface area contributed by atoms with E-state index in [-0.39, 0.29) is 5.60 Å². The zero-order chi connectivity index (χ0) is 12.1. The summed E-state index contributed by atoms with van der Waals surface area (Å²) in [5, 5.41) is 0. The summed E-state index contributed by atoms with van der Waals surface area (Å²) >= 11 is 0. The van der Waals surface area contributed by atoms with Gasteiger partial charge in [-0.3, -0.25) is 0 Å². The maximum atomic E-state index is 6.12. The minimum atomic E-state index is -0.0227. The van der Waals surface area contributed by atoms with Crippen LogP contribution < -0.4 is 5.73 Å². The third kappa shape index (κ3) is 3.67. The molecule has 1 unspecified atom stereocenters. The monoisotopic (exact) mass is 241 g/mol. The van der Waals surface area contributed by atoms with Crippen molar-refractivity contribution >= 4 is 0 Å². The Kier molecular flexibility index (Phi) is 4.83. The Morgan fingerprint density at radius 3 is 2.65 bits per heavy atom. The molecule has 2 rings (SSSR count). The molecule has 3 nitrogen and oxygen atoms in total. The molecule has 0 amide bonds. The summed E-state index contributed by atoms with van der Waals surface area (Å²) in [6.45, 7) is 4.75. The Bertz CT molecular complexity index is 218. The van der Waals surface area contributed by atoms with Gasteiger partial charge in [-0.1, -0.05) is 6.92 Å². The molecule has 1 saturated heterocycles. The van der Waals surface area contributed by atoms with E-state index < -0.39 is 0 Å². The Hall–Kier alpha value is -0.120. The van der Waals surface area contributed by atoms with E-state index in [2.05, 4.69) is 6.92 Å². The summed E-state index contributed by atoms with van der Waals surface area (Å²) < 4.78 is 11.7. The van der Waals surface area contributed by atoms with E-state index in [9.17, 15) is 0 Å². The molecule has 17 heavy (non-hydrogen) atoms. The smallest absolute Gasteiger partial charge is 0.0804 e. The average Bonchev–Trinajstić information content (AvgIpc) is 2.85. The lowest BCUT2D eigenvalue weighted by Crippen LogP contribution is -2.44. The van der Waals surface area contributed by atoms with Crippen LogP contribution in [0.1, 0.15) is 51.9 Å². The van der Waals surface area contributed by atoms with E-state index in [4.69, 9.17) is 15.2 Å². The summed E-state index contributed by atoms with van der Waals surface area (Å²) in [6, 6.07) is 0. The molecule has 0 spiro atoms. The first-order valence-corrected chi connectivity index (χ1v) is 7.20. The van der Waals surface area contributed by atoms with Crippen LogP contribution in [0.3, 0.4) is 0 Å². The van der Waals surface area contributed by atoms with Crippen molar-refractivity contribution in [2.45, 2.75) is 63.6 Å². The molecule has 0 aromatic heterocycles. The van der Waals surface area contributed by atoms with Crippen molar-refractivity contribution in [1.29, 1.82) is 0 Å². The zero-order valence-electron chi connectivity index (χ0n) is 11.1. The van der Waals surface area contributed by atoms with E-state index in [1.807, 2.05) is 0 Å². The molecule has 1 saturated carbocycles. The molecule has 100 valence electrons. The van der Waals surface area contributed by atoms with E-state index in [0.29, 0.717) is 12.6 Å². The first kappa shape index (κ1) is 13.3. The highest BCUT2D eigenvalue weighted by molar-refractivity contribution is 4.87. The fourth-order valence-corrected chi connectivity index (χ4v) is 2.97. The van der Waals surface area contributed by atoms with Crippen molar-refractivity contribution in [3.8, 4) is 0 Å². The molecule has 0 bridgehead atoms. The molecule has 0 radical (unpaired) electrons. The highest BCUT2D eigenvalue weighted by atomic mass is 16.5. The van der Waals surface area contributed by atoms with Gasteiger partial charge in [0, 0.05) is 19.8 Å². The van der Waals surface area contributed by atoms with Crippen LogP contribution in [0, 0.1) is 5.92 Å². The summed E-state index contributed by atoms with van der Waals surface area (Å²) in [4.78, 5) is 0. The fourth-order valence-electron chi connectivity index (χ4n) is 2.97. The predicted octanol–water partition coefficient (Wildman–Crippen LogP) is 2.48. The largest absolute Gasteiger partial charge is 0.378 e. The Labute approximate surface area is 105 Å². The van der Waals surface area contributed by atoms with Gasteiger partial charge in [0.05, 0.1) is 11.7 Å². The molecule has 1 atom stereocenters. The molecular formula is C14H27NO2. The highest BCUT2D eigenvalue weighted by Gasteiger charge is 2.33. The second-order valence-electron chi connectivity index (χ2n) is 5.84. The third-order valence-electron chi connectivity index (χ3n) is 4.43. The molecule has 1 aliphatic heterocycles. The van der Waals surface area contributed by atoms with Gasteiger partial charge in [-0.2, -0.15) is 0 Å². The van der Waals surface area contributed by atoms with Gasteiger partial charge >= 0.3 is 0 Å². The summed E-state index contributed by atoms with van der Waals surface area (Å²) in [5.41, 5.74) is 5.90. The SMILES string of the molecule is CC1CCC(CN)(OCCC2CCCO2)CC1. The van der Waals surface area contributed by atoms with Crippen molar-refractivity contribution in [2.75, 3.05) is 19.8 Å². The van der Waals surface area contributed by atoms with Gasteiger partial charge in [-0.15, -0.1) is 0 Å². The predicted molar refractivity (Wildman–Crippen MR) is 69.0 cm³/mol. The molecule has 2 N–H and O–H groups in total. The molecule has 1 heterocycles. The van der Waals surface area contributed by atoms with Crippen LogP contribution in [0.5, 0.6) is 0 Å². The van der Waals surface area contributed by atoms with Crippen LogP contribution in [0.4, 0.5) is 0 Å². The second-order valence-corrected chi connectivity index (χ2v) is 5.84. The van der Waals surface area contributed by atoms with Crippen LogP contribution in [0.2, 0.25) is 0 Å². The minimum absolute atomic E-state index is 0.0227. The maximum Gasteiger partial charge on any atom is 0.0804 e. The zero-order valence-corrected chi connectivity index (χ0v) is 11.1. The van der Waals surface area contributed by atoms with Crippen molar-refractivity contribution in [1.82, 2.24) is 0 Å². The van der Waals surface area contributed by atoms with E-state index in [0.717, 1.165) is 38.4 Å². The number of rotatable bonds is 5. The molecule has 2 fully saturated rings. The average molecular weight is 241 g/mol. The maximum absolute atomic E-state index is 6.12. The fraction of sp³-hybridized carbons (Fsp3) is 1.00. The highest BCUT2D eigenvalue weighted by Crippen LogP contribution is 2.34. The topological polar surface area (TPSA) is 44.5 Å². The van der Waals surface area contributed by atoms with Crippen molar-refractivity contribution in [3.63, 3.8) is 0 Å².